The molecule has 0 bridgehead atoms. The normalized spacial score (nSPS) is 14.9. The van der Waals surface area contributed by atoms with Gasteiger partial charge in [-0.25, -0.2) is 14.4 Å². The van der Waals surface area contributed by atoms with Gasteiger partial charge < -0.3 is 5.32 Å². The number of aromatic nitrogens is 3. The second kappa shape index (κ2) is 7.70. The Kier molecular flexibility index (Phi) is 4.96. The van der Waals surface area contributed by atoms with Crippen molar-refractivity contribution in [2.75, 3.05) is 5.32 Å². The lowest BCUT2D eigenvalue weighted by Crippen LogP contribution is -2.23. The molecule has 3 aromatic rings. The predicted octanol–water partition coefficient (Wildman–Crippen LogP) is 4.18. The van der Waals surface area contributed by atoms with E-state index in [1.807, 2.05) is 6.07 Å². The number of rotatable bonds is 4. The van der Waals surface area contributed by atoms with Gasteiger partial charge in [0.25, 0.3) is 5.56 Å². The van der Waals surface area contributed by atoms with Crippen molar-refractivity contribution in [3.63, 3.8) is 0 Å². The molecule has 0 saturated heterocycles. The number of pyridine rings is 1. The highest BCUT2D eigenvalue weighted by molar-refractivity contribution is 5.63. The van der Waals surface area contributed by atoms with Crippen LogP contribution in [0, 0.1) is 5.82 Å². The molecule has 1 aliphatic carbocycles. The Morgan fingerprint density at radius 3 is 2.74 bits per heavy atom. The third-order valence-electron chi connectivity index (χ3n) is 4.90. The minimum absolute atomic E-state index is 0.141. The Bertz CT molecular complexity index is 995. The number of hydrogen-bond acceptors (Lipinski definition) is 4. The van der Waals surface area contributed by atoms with Crippen LogP contribution in [0.3, 0.4) is 0 Å². The van der Waals surface area contributed by atoms with Crippen LogP contribution in [-0.2, 0) is 0 Å². The summed E-state index contributed by atoms with van der Waals surface area (Å²) in [6.45, 7) is 0. The van der Waals surface area contributed by atoms with Gasteiger partial charge in [0, 0.05) is 29.6 Å². The van der Waals surface area contributed by atoms with Crippen molar-refractivity contribution in [3.8, 4) is 16.9 Å². The average molecular weight is 364 g/mol. The molecule has 2 aromatic heterocycles. The first kappa shape index (κ1) is 17.4. The summed E-state index contributed by atoms with van der Waals surface area (Å²) in [7, 11) is 0. The first-order valence-electron chi connectivity index (χ1n) is 9.28. The molecule has 5 nitrogen and oxygen atoms in total. The molecule has 0 radical (unpaired) electrons. The molecule has 0 spiro atoms. The highest BCUT2D eigenvalue weighted by Crippen LogP contribution is 2.25. The third-order valence-corrected chi connectivity index (χ3v) is 4.90. The van der Waals surface area contributed by atoms with Crippen molar-refractivity contribution in [3.05, 3.63) is 71.0 Å². The Hall–Kier alpha value is -3.02. The lowest BCUT2D eigenvalue weighted by atomic mass is 9.96. The summed E-state index contributed by atoms with van der Waals surface area (Å²) in [5.41, 5.74) is 1.36. The van der Waals surface area contributed by atoms with Crippen LogP contribution in [0.25, 0.3) is 16.9 Å². The van der Waals surface area contributed by atoms with Gasteiger partial charge in [-0.2, -0.15) is 0 Å². The van der Waals surface area contributed by atoms with Crippen molar-refractivity contribution in [1.82, 2.24) is 14.5 Å². The summed E-state index contributed by atoms with van der Waals surface area (Å²) >= 11 is 0. The van der Waals surface area contributed by atoms with E-state index in [2.05, 4.69) is 15.3 Å². The molecule has 27 heavy (non-hydrogen) atoms. The molecule has 1 fully saturated rings. The number of benzene rings is 1. The summed E-state index contributed by atoms with van der Waals surface area (Å²) in [4.78, 5) is 20.6. The fourth-order valence-corrected chi connectivity index (χ4v) is 3.51. The van der Waals surface area contributed by atoms with Gasteiger partial charge in [0.05, 0.1) is 6.20 Å². The van der Waals surface area contributed by atoms with E-state index >= 15 is 0 Å². The lowest BCUT2D eigenvalue weighted by Gasteiger charge is -2.22. The van der Waals surface area contributed by atoms with Crippen LogP contribution in [0.1, 0.15) is 32.1 Å². The maximum Gasteiger partial charge on any atom is 0.255 e. The van der Waals surface area contributed by atoms with E-state index in [1.54, 1.807) is 36.5 Å². The molecule has 0 atom stereocenters. The van der Waals surface area contributed by atoms with Crippen LogP contribution >= 0.6 is 0 Å². The second-order valence-electron chi connectivity index (χ2n) is 6.83. The topological polar surface area (TPSA) is 59.8 Å². The van der Waals surface area contributed by atoms with Gasteiger partial charge in [0.1, 0.15) is 5.69 Å². The first-order valence-corrected chi connectivity index (χ1v) is 9.28. The van der Waals surface area contributed by atoms with Gasteiger partial charge >= 0.3 is 0 Å². The first-order chi connectivity index (χ1) is 13.2. The van der Waals surface area contributed by atoms with Crippen molar-refractivity contribution in [2.24, 2.45) is 0 Å². The zero-order valence-electron chi connectivity index (χ0n) is 14.9. The number of nitrogens with zero attached hydrogens (tertiary/aromatic N) is 3. The van der Waals surface area contributed by atoms with E-state index in [0.29, 0.717) is 23.2 Å². The molecular formula is C21H21FN4O. The second-order valence-corrected chi connectivity index (χ2v) is 6.83. The molecule has 1 N–H and O–H groups in total. The summed E-state index contributed by atoms with van der Waals surface area (Å²) in [6.07, 6.45) is 8.71. The van der Waals surface area contributed by atoms with Crippen LogP contribution in [0.5, 0.6) is 0 Å². The maximum absolute atomic E-state index is 14.4. The molecule has 0 amide bonds. The molecule has 4 rings (SSSR count). The largest absolute Gasteiger partial charge is 0.351 e. The van der Waals surface area contributed by atoms with Crippen molar-refractivity contribution < 1.29 is 4.39 Å². The summed E-state index contributed by atoms with van der Waals surface area (Å²) in [5.74, 6) is -0.0395. The van der Waals surface area contributed by atoms with Crippen molar-refractivity contribution in [1.29, 1.82) is 0 Å². The standard InChI is InChI=1S/C21H21FN4O/c22-18-14-23-21(24-16-8-2-1-3-9-16)25-20(18)15-7-6-10-17(13-15)26-12-5-4-11-19(26)27/h4-7,10-14,16H,1-3,8-9H2,(H,23,24,25). The van der Waals surface area contributed by atoms with Crippen molar-refractivity contribution in [2.45, 2.75) is 38.1 Å². The zero-order valence-corrected chi connectivity index (χ0v) is 14.9. The molecule has 0 aliphatic heterocycles. The van der Waals surface area contributed by atoms with E-state index in [4.69, 9.17) is 0 Å². The molecule has 1 aliphatic rings. The van der Waals surface area contributed by atoms with Crippen LogP contribution in [-0.4, -0.2) is 20.6 Å². The van der Waals surface area contributed by atoms with E-state index in [9.17, 15) is 9.18 Å². The molecule has 2 heterocycles. The Balaban J connectivity index is 1.66. The van der Waals surface area contributed by atoms with Gasteiger partial charge in [-0.3, -0.25) is 9.36 Å². The van der Waals surface area contributed by atoms with E-state index in [-0.39, 0.29) is 11.3 Å². The number of anilines is 1. The molecule has 0 unspecified atom stereocenters. The van der Waals surface area contributed by atoms with Gasteiger partial charge in [-0.1, -0.05) is 37.5 Å². The van der Waals surface area contributed by atoms with Crippen LogP contribution in [0.15, 0.2) is 59.7 Å². The van der Waals surface area contributed by atoms with Crippen LogP contribution in [0.2, 0.25) is 0 Å². The summed E-state index contributed by atoms with van der Waals surface area (Å²) in [5, 5.41) is 3.33. The molecule has 6 heteroatoms. The third kappa shape index (κ3) is 3.89. The molecule has 1 aromatic carbocycles. The average Bonchev–Trinajstić information content (AvgIpc) is 2.71. The summed E-state index contributed by atoms with van der Waals surface area (Å²) < 4.78 is 15.9. The Morgan fingerprint density at radius 2 is 1.93 bits per heavy atom. The summed E-state index contributed by atoms with van der Waals surface area (Å²) in [6, 6.07) is 12.5. The van der Waals surface area contributed by atoms with E-state index < -0.39 is 5.82 Å². The van der Waals surface area contributed by atoms with Crippen LogP contribution in [0.4, 0.5) is 10.3 Å². The predicted molar refractivity (Wildman–Crippen MR) is 104 cm³/mol. The molecule has 138 valence electrons. The fraction of sp³-hybridized carbons (Fsp3) is 0.286. The number of nitrogens with one attached hydrogen (secondary N) is 1. The van der Waals surface area contributed by atoms with Crippen molar-refractivity contribution >= 4 is 5.95 Å². The minimum Gasteiger partial charge on any atom is -0.351 e. The van der Waals surface area contributed by atoms with Gasteiger partial charge in [0.2, 0.25) is 5.95 Å². The highest BCUT2D eigenvalue weighted by Gasteiger charge is 2.16. The Morgan fingerprint density at radius 1 is 1.07 bits per heavy atom. The van der Waals surface area contributed by atoms with E-state index in [0.717, 1.165) is 12.8 Å². The quantitative estimate of drug-likeness (QED) is 0.754. The highest BCUT2D eigenvalue weighted by atomic mass is 19.1. The number of halogens is 1. The van der Waals surface area contributed by atoms with Crippen LogP contribution < -0.4 is 10.9 Å². The minimum atomic E-state index is -0.484. The maximum atomic E-state index is 14.4. The van der Waals surface area contributed by atoms with E-state index in [1.165, 1.54) is 36.1 Å². The SMILES string of the molecule is O=c1ccccn1-c1cccc(-c2nc(NC3CCCCC3)ncc2F)c1. The van der Waals surface area contributed by atoms with Gasteiger partial charge in [-0.05, 0) is 31.0 Å². The Labute approximate surface area is 156 Å². The zero-order chi connectivity index (χ0) is 18.6. The molecular weight excluding hydrogens is 343 g/mol. The fourth-order valence-electron chi connectivity index (χ4n) is 3.51. The monoisotopic (exact) mass is 364 g/mol. The lowest BCUT2D eigenvalue weighted by molar-refractivity contribution is 0.460. The number of hydrogen-bond donors (Lipinski definition) is 1. The van der Waals surface area contributed by atoms with Gasteiger partial charge in [0.15, 0.2) is 5.82 Å². The van der Waals surface area contributed by atoms with Gasteiger partial charge in [-0.15, -0.1) is 0 Å². The molecule has 1 saturated carbocycles. The smallest absolute Gasteiger partial charge is 0.255 e.